The molecule has 2 aromatic rings. The number of carboxylic acid groups (broad SMARTS) is 1. The van der Waals surface area contributed by atoms with E-state index in [0.717, 1.165) is 26.2 Å². The van der Waals surface area contributed by atoms with Crippen LogP contribution in [-0.2, 0) is 16.1 Å². The zero-order chi connectivity index (χ0) is 26.3. The summed E-state index contributed by atoms with van der Waals surface area (Å²) in [6.45, 7) is 1.17. The fourth-order valence-corrected chi connectivity index (χ4v) is 7.12. The summed E-state index contributed by atoms with van der Waals surface area (Å²) < 4.78 is 46.5. The van der Waals surface area contributed by atoms with E-state index in [9.17, 15) is 22.8 Å². The molecule has 0 unspecified atom stereocenters. The van der Waals surface area contributed by atoms with Gasteiger partial charge in [0, 0.05) is 30.3 Å². The molecule has 6 aliphatic rings. The van der Waals surface area contributed by atoms with Crippen LogP contribution in [0.5, 0.6) is 0 Å². The molecule has 1 aromatic heterocycles. The van der Waals surface area contributed by atoms with Gasteiger partial charge in [-0.05, 0) is 81.4 Å². The molecule has 6 aliphatic carbocycles. The number of amides is 2. The minimum Gasteiger partial charge on any atom is -0.465 e. The average Bonchev–Trinajstić information content (AvgIpc) is 3.33. The van der Waals surface area contributed by atoms with Gasteiger partial charge in [0.25, 0.3) is 5.89 Å². The predicted octanol–water partition coefficient (Wildman–Crippen LogP) is 5.79. The number of benzene rings is 1. The summed E-state index contributed by atoms with van der Waals surface area (Å²) in [5.74, 6) is -3.64. The minimum atomic E-state index is -3.19. The van der Waals surface area contributed by atoms with Crippen LogP contribution in [0.4, 0.5) is 29.3 Å². The van der Waals surface area contributed by atoms with E-state index in [4.69, 9.17) is 9.63 Å². The molecule has 8 rings (SSSR count). The summed E-state index contributed by atoms with van der Waals surface area (Å²) in [4.78, 5) is 30.8. The highest BCUT2D eigenvalue weighted by Gasteiger charge is 2.73. The van der Waals surface area contributed by atoms with E-state index in [-0.39, 0.29) is 30.6 Å². The van der Waals surface area contributed by atoms with Crippen molar-refractivity contribution in [2.45, 2.75) is 81.7 Å². The highest BCUT2D eigenvalue weighted by molar-refractivity contribution is 6.01. The van der Waals surface area contributed by atoms with Crippen LogP contribution in [0.2, 0.25) is 0 Å². The van der Waals surface area contributed by atoms with Gasteiger partial charge in [0.15, 0.2) is 5.82 Å². The number of nitrogens with zero attached hydrogens (tertiary/aromatic N) is 3. The number of alkyl halides is 3. The van der Waals surface area contributed by atoms with Crippen LogP contribution in [0.25, 0.3) is 0 Å². The van der Waals surface area contributed by atoms with E-state index < -0.39 is 34.4 Å². The quantitative estimate of drug-likeness (QED) is 0.480. The molecule has 1 heterocycles. The second-order valence-electron chi connectivity index (χ2n) is 11.9. The summed E-state index contributed by atoms with van der Waals surface area (Å²) in [6, 6.07) is 6.73. The summed E-state index contributed by atoms with van der Waals surface area (Å²) in [5.41, 5.74) is -1.57. The number of hydrogen-bond acceptors (Lipinski definition) is 5. The van der Waals surface area contributed by atoms with Crippen molar-refractivity contribution in [2.24, 2.45) is 10.8 Å². The van der Waals surface area contributed by atoms with Crippen molar-refractivity contribution in [3.05, 3.63) is 36.0 Å². The molecule has 198 valence electrons. The lowest BCUT2D eigenvalue weighted by atomic mass is 9.41. The third kappa shape index (κ3) is 3.88. The van der Waals surface area contributed by atoms with Gasteiger partial charge in [-0.3, -0.25) is 10.1 Å². The Kier molecular flexibility index (Phi) is 5.05. The summed E-state index contributed by atoms with van der Waals surface area (Å²) in [6.07, 6.45) is 3.88. The second kappa shape index (κ2) is 7.70. The van der Waals surface area contributed by atoms with Crippen molar-refractivity contribution in [2.75, 3.05) is 16.8 Å². The number of carbonyl (C=O) groups is 2. The maximum atomic E-state index is 14.3. The van der Waals surface area contributed by atoms with Gasteiger partial charge in [-0.2, -0.15) is 13.8 Å². The van der Waals surface area contributed by atoms with E-state index in [0.29, 0.717) is 43.0 Å². The highest BCUT2D eigenvalue weighted by Crippen LogP contribution is 2.70. The first-order valence-corrected chi connectivity index (χ1v) is 12.7. The number of carbonyl (C=O) groups excluding carboxylic acids is 1. The maximum Gasteiger partial charge on any atom is 0.409 e. The fourth-order valence-electron chi connectivity index (χ4n) is 7.12. The maximum absolute atomic E-state index is 14.3. The molecule has 2 N–H and O–H groups in total. The molecule has 6 saturated carbocycles. The third-order valence-electron chi connectivity index (χ3n) is 9.24. The Balaban J connectivity index is 1.24. The van der Waals surface area contributed by atoms with Crippen LogP contribution in [0.1, 0.15) is 76.4 Å². The normalized spacial score (nSPS) is 33.8. The number of anilines is 2. The Hall–Kier alpha value is -3.11. The first kappa shape index (κ1) is 24.2. The first-order chi connectivity index (χ1) is 17.4. The Morgan fingerprint density at radius 2 is 1.78 bits per heavy atom. The molecule has 0 atom stereocenters. The van der Waals surface area contributed by atoms with Crippen LogP contribution in [0, 0.1) is 10.8 Å². The van der Waals surface area contributed by atoms with E-state index >= 15 is 0 Å². The van der Waals surface area contributed by atoms with Gasteiger partial charge >= 0.3 is 12.0 Å². The van der Waals surface area contributed by atoms with Crippen molar-refractivity contribution < 1.29 is 32.4 Å². The minimum absolute atomic E-state index is 0.107. The number of nitrogens with one attached hydrogen (secondary N) is 1. The van der Waals surface area contributed by atoms with Gasteiger partial charge < -0.3 is 14.5 Å². The number of hydrogen-bond donors (Lipinski definition) is 2. The molecule has 11 heteroatoms. The lowest BCUT2D eigenvalue weighted by Crippen LogP contribution is -2.71. The van der Waals surface area contributed by atoms with Crippen LogP contribution in [-0.4, -0.2) is 39.5 Å². The van der Waals surface area contributed by atoms with E-state index in [1.165, 1.54) is 0 Å². The highest BCUT2D eigenvalue weighted by atomic mass is 19.3. The van der Waals surface area contributed by atoms with Crippen molar-refractivity contribution in [1.29, 1.82) is 0 Å². The molecular formula is C26H29F3N4O4. The molecule has 37 heavy (non-hydrogen) atoms. The smallest absolute Gasteiger partial charge is 0.409 e. The predicted molar refractivity (Wildman–Crippen MR) is 126 cm³/mol. The van der Waals surface area contributed by atoms with Crippen molar-refractivity contribution in [3.63, 3.8) is 0 Å². The van der Waals surface area contributed by atoms with Gasteiger partial charge in [0.2, 0.25) is 5.91 Å². The van der Waals surface area contributed by atoms with Crippen LogP contribution >= 0.6 is 0 Å². The van der Waals surface area contributed by atoms with Gasteiger partial charge in [-0.15, -0.1) is 0 Å². The lowest BCUT2D eigenvalue weighted by molar-refractivity contribution is -0.211. The number of aromatic nitrogens is 2. The Labute approximate surface area is 211 Å². The molecule has 1 aromatic carbocycles. The molecule has 0 radical (unpaired) electrons. The SMILES string of the molecule is CC(F)(F)c1nc(C23CCC(CN(C(=O)C45CC(F)(C4)C5)c4cccc(NC(=O)O)c4)(CC2)CC3)no1. The van der Waals surface area contributed by atoms with Crippen LogP contribution < -0.4 is 10.2 Å². The molecule has 6 fully saturated rings. The topological polar surface area (TPSA) is 109 Å². The molecule has 2 amide bonds. The largest absolute Gasteiger partial charge is 0.465 e. The van der Waals surface area contributed by atoms with Crippen molar-refractivity contribution >= 4 is 23.4 Å². The van der Waals surface area contributed by atoms with Crippen LogP contribution in [0.3, 0.4) is 0 Å². The van der Waals surface area contributed by atoms with E-state index in [2.05, 4.69) is 15.5 Å². The van der Waals surface area contributed by atoms with Gasteiger partial charge in [0.1, 0.15) is 5.67 Å². The summed E-state index contributed by atoms with van der Waals surface area (Å²) in [5, 5.41) is 15.4. The van der Waals surface area contributed by atoms with E-state index in [1.54, 1.807) is 29.2 Å². The second-order valence-corrected chi connectivity index (χ2v) is 11.9. The Morgan fingerprint density at radius 1 is 1.14 bits per heavy atom. The molecule has 8 nitrogen and oxygen atoms in total. The molecule has 0 spiro atoms. The monoisotopic (exact) mass is 518 g/mol. The summed E-state index contributed by atoms with van der Waals surface area (Å²) in [7, 11) is 0. The lowest BCUT2D eigenvalue weighted by Gasteiger charge is -2.65. The zero-order valence-electron chi connectivity index (χ0n) is 20.5. The summed E-state index contributed by atoms with van der Waals surface area (Å²) >= 11 is 0. The molecule has 0 saturated heterocycles. The number of rotatable bonds is 7. The van der Waals surface area contributed by atoms with Gasteiger partial charge in [-0.25, -0.2) is 9.18 Å². The fraction of sp³-hybridized carbons (Fsp3) is 0.615. The standard InChI is InChI=1S/C26H29F3N4O4/c1-22(27,28)19-31-18(32-37-19)24-8-5-23(6-9-24,7-10-24)15-33(20(34)25-12-26(29,13-25)14-25)17-4-2-3-16(11-17)30-21(35)36/h2-4,11,30H,5-10,12-15H2,1H3,(H,35,36). The van der Waals surface area contributed by atoms with Crippen LogP contribution in [0.15, 0.2) is 28.8 Å². The third-order valence-corrected chi connectivity index (χ3v) is 9.24. The van der Waals surface area contributed by atoms with Gasteiger partial charge in [0.05, 0.1) is 5.41 Å². The zero-order valence-corrected chi connectivity index (χ0v) is 20.5. The molecular weight excluding hydrogens is 489 g/mol. The van der Waals surface area contributed by atoms with Crippen molar-refractivity contribution in [1.82, 2.24) is 10.1 Å². The Morgan fingerprint density at radius 3 is 2.32 bits per heavy atom. The number of halogens is 3. The van der Waals surface area contributed by atoms with Gasteiger partial charge in [-0.1, -0.05) is 11.2 Å². The van der Waals surface area contributed by atoms with Crippen molar-refractivity contribution in [3.8, 4) is 0 Å². The Bertz CT molecular complexity index is 1230. The van der Waals surface area contributed by atoms with E-state index in [1.807, 2.05) is 0 Å². The first-order valence-electron chi connectivity index (χ1n) is 12.7. The molecule has 0 aliphatic heterocycles. The molecule has 4 bridgehead atoms. The average molecular weight is 519 g/mol. The number of fused-ring (bicyclic) bond motifs is 3.